The monoisotopic (exact) mass is 292 g/mol. The van der Waals surface area contributed by atoms with Gasteiger partial charge in [-0.05, 0) is 49.9 Å². The van der Waals surface area contributed by atoms with Crippen molar-refractivity contribution in [2.24, 2.45) is 0 Å². The topological polar surface area (TPSA) is 20.2 Å². The molecular weight excluding hydrogens is 275 g/mol. The number of halogens is 2. The third-order valence-corrected chi connectivity index (χ3v) is 3.51. The Bertz CT molecular complexity index is 590. The summed E-state index contributed by atoms with van der Waals surface area (Å²) in [7, 11) is 0. The van der Waals surface area contributed by atoms with E-state index in [0.29, 0.717) is 12.8 Å². The van der Waals surface area contributed by atoms with Crippen LogP contribution in [0.5, 0.6) is 0 Å². The van der Waals surface area contributed by atoms with Gasteiger partial charge < -0.3 is 5.11 Å². The highest BCUT2D eigenvalue weighted by Crippen LogP contribution is 2.18. The van der Waals surface area contributed by atoms with Crippen LogP contribution < -0.4 is 0 Å². The number of aliphatic hydroxyl groups excluding tert-OH is 1. The van der Waals surface area contributed by atoms with E-state index in [1.54, 1.807) is 6.07 Å². The van der Waals surface area contributed by atoms with Crippen LogP contribution >= 0.6 is 11.6 Å². The number of rotatable bonds is 4. The second kappa shape index (κ2) is 6.38. The fourth-order valence-electron chi connectivity index (χ4n) is 2.47. The Hall–Kier alpha value is -1.38. The first-order valence-electron chi connectivity index (χ1n) is 6.63. The number of hydrogen-bond donors (Lipinski definition) is 1. The third-order valence-electron chi connectivity index (χ3n) is 3.21. The zero-order valence-corrected chi connectivity index (χ0v) is 12.4. The minimum Gasteiger partial charge on any atom is -0.392 e. The van der Waals surface area contributed by atoms with Gasteiger partial charge in [-0.3, -0.25) is 0 Å². The van der Waals surface area contributed by atoms with Gasteiger partial charge in [-0.15, -0.1) is 0 Å². The van der Waals surface area contributed by atoms with E-state index in [9.17, 15) is 9.50 Å². The zero-order chi connectivity index (χ0) is 14.7. The highest BCUT2D eigenvalue weighted by molar-refractivity contribution is 6.30. The Labute approximate surface area is 124 Å². The molecule has 0 amide bonds. The summed E-state index contributed by atoms with van der Waals surface area (Å²) in [6.45, 7) is 4.08. The van der Waals surface area contributed by atoms with Crippen LogP contribution in [0.25, 0.3) is 0 Å². The van der Waals surface area contributed by atoms with E-state index in [1.807, 2.05) is 13.8 Å². The van der Waals surface area contributed by atoms with Crippen LogP contribution in [0, 0.1) is 19.7 Å². The Balaban J connectivity index is 2.04. The van der Waals surface area contributed by atoms with Crippen LogP contribution in [0.2, 0.25) is 5.02 Å². The van der Waals surface area contributed by atoms with Crippen molar-refractivity contribution < 1.29 is 9.50 Å². The van der Waals surface area contributed by atoms with Crippen LogP contribution in [-0.2, 0) is 12.8 Å². The Morgan fingerprint density at radius 2 is 1.60 bits per heavy atom. The SMILES string of the molecule is Cc1cc(C)cc(CC(O)Cc2ccc(Cl)c(F)c2)c1. The van der Waals surface area contributed by atoms with Crippen LogP contribution in [0.3, 0.4) is 0 Å². The molecule has 0 aliphatic rings. The van der Waals surface area contributed by atoms with Crippen molar-refractivity contribution in [1.82, 2.24) is 0 Å². The number of aliphatic hydroxyl groups is 1. The van der Waals surface area contributed by atoms with Crippen molar-refractivity contribution in [3.63, 3.8) is 0 Å². The van der Waals surface area contributed by atoms with E-state index in [-0.39, 0.29) is 5.02 Å². The molecule has 1 nitrogen and oxygen atoms in total. The smallest absolute Gasteiger partial charge is 0.142 e. The van der Waals surface area contributed by atoms with E-state index >= 15 is 0 Å². The fraction of sp³-hybridized carbons (Fsp3) is 0.294. The quantitative estimate of drug-likeness (QED) is 0.893. The predicted octanol–water partition coefficient (Wildman–Crippen LogP) is 4.24. The molecule has 3 heteroatoms. The highest BCUT2D eigenvalue weighted by Gasteiger charge is 2.09. The molecular formula is C17H18ClFO. The third kappa shape index (κ3) is 4.06. The number of hydrogen-bond acceptors (Lipinski definition) is 1. The lowest BCUT2D eigenvalue weighted by atomic mass is 9.98. The van der Waals surface area contributed by atoms with Crippen LogP contribution in [-0.4, -0.2) is 11.2 Å². The summed E-state index contributed by atoms with van der Waals surface area (Å²) < 4.78 is 13.3. The lowest BCUT2D eigenvalue weighted by molar-refractivity contribution is 0.175. The Morgan fingerprint density at radius 1 is 1.00 bits per heavy atom. The molecule has 0 aliphatic heterocycles. The summed E-state index contributed by atoms with van der Waals surface area (Å²) >= 11 is 5.64. The minimum absolute atomic E-state index is 0.109. The molecule has 1 atom stereocenters. The highest BCUT2D eigenvalue weighted by atomic mass is 35.5. The van der Waals surface area contributed by atoms with Gasteiger partial charge in [0, 0.05) is 0 Å². The summed E-state index contributed by atoms with van der Waals surface area (Å²) in [4.78, 5) is 0. The molecule has 2 rings (SSSR count). The molecule has 0 saturated heterocycles. The van der Waals surface area contributed by atoms with Crippen molar-refractivity contribution in [1.29, 1.82) is 0 Å². The van der Waals surface area contributed by atoms with Gasteiger partial charge in [0.05, 0.1) is 11.1 Å². The summed E-state index contributed by atoms with van der Waals surface area (Å²) in [6, 6.07) is 10.9. The van der Waals surface area contributed by atoms with Crippen LogP contribution in [0.4, 0.5) is 4.39 Å². The van der Waals surface area contributed by atoms with Crippen LogP contribution in [0.1, 0.15) is 22.3 Å². The molecule has 106 valence electrons. The summed E-state index contributed by atoms with van der Waals surface area (Å²) in [5, 5.41) is 10.3. The maximum absolute atomic E-state index is 13.3. The summed E-state index contributed by atoms with van der Waals surface area (Å²) in [6.07, 6.45) is 0.449. The lowest BCUT2D eigenvalue weighted by Gasteiger charge is -2.12. The Kier molecular flexibility index (Phi) is 4.79. The van der Waals surface area contributed by atoms with Gasteiger partial charge in [0.2, 0.25) is 0 Å². The van der Waals surface area contributed by atoms with Gasteiger partial charge >= 0.3 is 0 Å². The van der Waals surface area contributed by atoms with Gasteiger partial charge in [-0.25, -0.2) is 4.39 Å². The number of aryl methyl sites for hydroxylation is 2. The first-order valence-corrected chi connectivity index (χ1v) is 7.01. The van der Waals surface area contributed by atoms with Gasteiger partial charge in [0.25, 0.3) is 0 Å². The standard InChI is InChI=1S/C17H18ClFO/c1-11-5-12(2)7-14(6-11)9-15(20)8-13-3-4-16(18)17(19)10-13/h3-7,10,15,20H,8-9H2,1-2H3. The number of benzene rings is 2. The van der Waals surface area contributed by atoms with E-state index in [4.69, 9.17) is 11.6 Å². The molecule has 0 spiro atoms. The first kappa shape index (κ1) is 15.0. The molecule has 0 aromatic heterocycles. The molecule has 1 unspecified atom stereocenters. The molecule has 1 N–H and O–H groups in total. The van der Waals surface area contributed by atoms with E-state index < -0.39 is 11.9 Å². The molecule has 0 bridgehead atoms. The molecule has 0 saturated carbocycles. The van der Waals surface area contributed by atoms with E-state index in [2.05, 4.69) is 18.2 Å². The lowest BCUT2D eigenvalue weighted by Crippen LogP contribution is -2.14. The maximum atomic E-state index is 13.3. The molecule has 2 aromatic carbocycles. The average Bonchev–Trinajstić information content (AvgIpc) is 2.32. The van der Waals surface area contributed by atoms with Gasteiger partial charge in [-0.1, -0.05) is 47.0 Å². The fourth-order valence-corrected chi connectivity index (χ4v) is 2.59. The largest absolute Gasteiger partial charge is 0.392 e. The van der Waals surface area contributed by atoms with Crippen LogP contribution in [0.15, 0.2) is 36.4 Å². The van der Waals surface area contributed by atoms with Gasteiger partial charge in [-0.2, -0.15) is 0 Å². The second-order valence-corrected chi connectivity index (χ2v) is 5.71. The maximum Gasteiger partial charge on any atom is 0.142 e. The van der Waals surface area contributed by atoms with E-state index in [0.717, 1.165) is 11.1 Å². The van der Waals surface area contributed by atoms with Crippen molar-refractivity contribution in [2.45, 2.75) is 32.8 Å². The molecule has 0 fully saturated rings. The molecule has 0 radical (unpaired) electrons. The second-order valence-electron chi connectivity index (χ2n) is 5.31. The van der Waals surface area contributed by atoms with Crippen molar-refractivity contribution in [3.8, 4) is 0 Å². The van der Waals surface area contributed by atoms with Gasteiger partial charge in [0.15, 0.2) is 0 Å². The summed E-state index contributed by atoms with van der Waals surface area (Å²) in [5.41, 5.74) is 4.22. The Morgan fingerprint density at radius 3 is 2.20 bits per heavy atom. The molecule has 20 heavy (non-hydrogen) atoms. The minimum atomic E-state index is -0.531. The van der Waals surface area contributed by atoms with Gasteiger partial charge in [0.1, 0.15) is 5.82 Å². The molecule has 0 heterocycles. The molecule has 2 aromatic rings. The van der Waals surface area contributed by atoms with Crippen molar-refractivity contribution in [2.75, 3.05) is 0 Å². The van der Waals surface area contributed by atoms with Crippen molar-refractivity contribution in [3.05, 3.63) is 69.5 Å². The van der Waals surface area contributed by atoms with Crippen molar-refractivity contribution >= 4 is 11.6 Å². The zero-order valence-electron chi connectivity index (χ0n) is 11.7. The predicted molar refractivity (Wildman–Crippen MR) is 80.7 cm³/mol. The summed E-state index contributed by atoms with van der Waals surface area (Å²) in [5.74, 6) is -0.442. The average molecular weight is 293 g/mol. The molecule has 0 aliphatic carbocycles. The normalized spacial score (nSPS) is 12.4. The first-order chi connectivity index (χ1) is 9.44. The van der Waals surface area contributed by atoms with E-state index in [1.165, 1.54) is 23.3 Å².